The molecule has 0 bridgehead atoms. The summed E-state index contributed by atoms with van der Waals surface area (Å²) in [5.41, 5.74) is 3.82. The van der Waals surface area contributed by atoms with Crippen molar-refractivity contribution in [1.29, 1.82) is 0 Å². The molecule has 1 fully saturated rings. The van der Waals surface area contributed by atoms with Gasteiger partial charge in [-0.05, 0) is 23.6 Å². The quantitative estimate of drug-likeness (QED) is 0.241. The molecule has 1 unspecified atom stereocenters. The molecule has 1 aliphatic heterocycles. The fraction of sp³-hybridized carbons (Fsp3) is 0.333. The average molecular weight is 572 g/mol. The van der Waals surface area contributed by atoms with Crippen LogP contribution in [-0.2, 0) is 17.7 Å². The van der Waals surface area contributed by atoms with E-state index in [9.17, 15) is 0 Å². The summed E-state index contributed by atoms with van der Waals surface area (Å²) in [5, 5.41) is 7.02. The second-order valence-corrected chi connectivity index (χ2v) is 8.19. The molecule has 0 radical (unpaired) electrons. The van der Waals surface area contributed by atoms with E-state index in [-0.39, 0.29) is 24.0 Å². The normalized spacial score (nSPS) is 14.7. The van der Waals surface area contributed by atoms with Gasteiger partial charge in [-0.3, -0.25) is 4.99 Å². The second-order valence-electron chi connectivity index (χ2n) is 8.19. The van der Waals surface area contributed by atoms with Crippen molar-refractivity contribution in [2.75, 3.05) is 44.8 Å². The summed E-state index contributed by atoms with van der Waals surface area (Å²) in [5.74, 6) is 2.16. The molecule has 34 heavy (non-hydrogen) atoms. The van der Waals surface area contributed by atoms with Crippen LogP contribution >= 0.6 is 24.0 Å². The molecule has 2 aromatic carbocycles. The Bertz CT molecular complexity index is 1010. The Hall–Kier alpha value is -2.65. The molecular formula is C27H34IN5O. The van der Waals surface area contributed by atoms with Gasteiger partial charge in [0.25, 0.3) is 0 Å². The number of aliphatic imine (C=N–C) groups is 1. The minimum atomic E-state index is 0. The fourth-order valence-electron chi connectivity index (χ4n) is 4.18. The molecule has 3 aromatic rings. The number of pyridine rings is 1. The lowest BCUT2D eigenvalue weighted by Crippen LogP contribution is -2.40. The van der Waals surface area contributed by atoms with Crippen LogP contribution in [0.4, 0.5) is 5.82 Å². The van der Waals surface area contributed by atoms with Crippen LogP contribution in [0.1, 0.15) is 22.6 Å². The van der Waals surface area contributed by atoms with Gasteiger partial charge >= 0.3 is 0 Å². The number of aromatic nitrogens is 1. The first-order chi connectivity index (χ1) is 16.3. The summed E-state index contributed by atoms with van der Waals surface area (Å²) in [4.78, 5) is 11.4. The molecule has 2 N–H and O–H groups in total. The van der Waals surface area contributed by atoms with Crippen molar-refractivity contribution < 1.29 is 4.74 Å². The van der Waals surface area contributed by atoms with Gasteiger partial charge in [-0.1, -0.05) is 66.7 Å². The molecule has 1 saturated heterocycles. The lowest BCUT2D eigenvalue weighted by molar-refractivity contribution is 0.122. The summed E-state index contributed by atoms with van der Waals surface area (Å²) in [6.45, 7) is 4.69. The standard InChI is InChI=1S/C27H33N5O.HI/c1-28-27(30-20-24-13-8-14-29-26(24)32-15-17-33-18-16-32)31-21-25(23-11-6-3-7-12-23)19-22-9-4-2-5-10-22;/h2-14,25H,15-21H2,1H3,(H2,28,30,31);1H. The van der Waals surface area contributed by atoms with E-state index in [0.717, 1.165) is 56.6 Å². The van der Waals surface area contributed by atoms with Crippen molar-refractivity contribution in [3.05, 3.63) is 95.7 Å². The summed E-state index contributed by atoms with van der Waals surface area (Å²) < 4.78 is 5.50. The predicted octanol–water partition coefficient (Wildman–Crippen LogP) is 4.23. The summed E-state index contributed by atoms with van der Waals surface area (Å²) in [6.07, 6.45) is 2.83. The molecule has 0 aliphatic carbocycles. The van der Waals surface area contributed by atoms with Crippen molar-refractivity contribution in [3.63, 3.8) is 0 Å². The second kappa shape index (κ2) is 13.9. The molecule has 0 amide bonds. The van der Waals surface area contributed by atoms with E-state index >= 15 is 0 Å². The Morgan fingerprint density at radius 1 is 0.971 bits per heavy atom. The highest BCUT2D eigenvalue weighted by Gasteiger charge is 2.17. The van der Waals surface area contributed by atoms with Crippen LogP contribution < -0.4 is 15.5 Å². The Kier molecular flexibility index (Phi) is 10.6. The topological polar surface area (TPSA) is 61.8 Å². The van der Waals surface area contributed by atoms with E-state index in [0.29, 0.717) is 12.5 Å². The van der Waals surface area contributed by atoms with Crippen LogP contribution in [0.2, 0.25) is 0 Å². The van der Waals surface area contributed by atoms with Crippen LogP contribution in [0, 0.1) is 0 Å². The highest BCUT2D eigenvalue weighted by molar-refractivity contribution is 14.0. The van der Waals surface area contributed by atoms with Crippen LogP contribution in [0.25, 0.3) is 0 Å². The van der Waals surface area contributed by atoms with Crippen LogP contribution in [0.15, 0.2) is 84.0 Å². The van der Waals surface area contributed by atoms with E-state index in [1.54, 1.807) is 0 Å². The van der Waals surface area contributed by atoms with Crippen molar-refractivity contribution in [3.8, 4) is 0 Å². The van der Waals surface area contributed by atoms with Gasteiger partial charge in [0.15, 0.2) is 5.96 Å². The minimum absolute atomic E-state index is 0. The van der Waals surface area contributed by atoms with Gasteiger partial charge < -0.3 is 20.3 Å². The van der Waals surface area contributed by atoms with Gasteiger partial charge in [0, 0.05) is 50.9 Å². The Labute approximate surface area is 219 Å². The Morgan fingerprint density at radius 2 is 1.68 bits per heavy atom. The van der Waals surface area contributed by atoms with Crippen LogP contribution in [0.5, 0.6) is 0 Å². The third-order valence-corrected chi connectivity index (χ3v) is 5.96. The maximum atomic E-state index is 5.50. The van der Waals surface area contributed by atoms with E-state index in [4.69, 9.17) is 4.74 Å². The third-order valence-electron chi connectivity index (χ3n) is 5.96. The smallest absolute Gasteiger partial charge is 0.191 e. The third kappa shape index (κ3) is 7.43. The number of halogens is 1. The van der Waals surface area contributed by atoms with E-state index in [1.807, 2.05) is 19.3 Å². The number of guanidine groups is 1. The van der Waals surface area contributed by atoms with E-state index < -0.39 is 0 Å². The van der Waals surface area contributed by atoms with Crippen molar-refractivity contribution in [1.82, 2.24) is 15.6 Å². The number of anilines is 1. The molecule has 4 rings (SSSR count). The van der Waals surface area contributed by atoms with Gasteiger partial charge in [0.05, 0.1) is 13.2 Å². The zero-order chi connectivity index (χ0) is 22.7. The number of benzene rings is 2. The predicted molar refractivity (Wildman–Crippen MR) is 150 cm³/mol. The molecule has 7 heteroatoms. The maximum Gasteiger partial charge on any atom is 0.191 e. The van der Waals surface area contributed by atoms with Crippen LogP contribution in [-0.4, -0.2) is 50.8 Å². The molecule has 6 nitrogen and oxygen atoms in total. The lowest BCUT2D eigenvalue weighted by Gasteiger charge is -2.29. The minimum Gasteiger partial charge on any atom is -0.378 e. The Balaban J connectivity index is 0.00000324. The molecule has 1 atom stereocenters. The lowest BCUT2D eigenvalue weighted by atomic mass is 9.92. The molecule has 0 saturated carbocycles. The number of nitrogens with one attached hydrogen (secondary N) is 2. The first-order valence-corrected chi connectivity index (χ1v) is 11.6. The Morgan fingerprint density at radius 3 is 2.38 bits per heavy atom. The van der Waals surface area contributed by atoms with E-state index in [1.165, 1.54) is 11.1 Å². The maximum absolute atomic E-state index is 5.50. The molecule has 180 valence electrons. The first kappa shape index (κ1) is 26.0. The van der Waals surface area contributed by atoms with Gasteiger partial charge in [0.1, 0.15) is 5.82 Å². The number of nitrogens with zero attached hydrogens (tertiary/aromatic N) is 3. The highest BCUT2D eigenvalue weighted by Crippen LogP contribution is 2.21. The largest absolute Gasteiger partial charge is 0.378 e. The summed E-state index contributed by atoms with van der Waals surface area (Å²) in [6, 6.07) is 25.5. The highest BCUT2D eigenvalue weighted by atomic mass is 127. The summed E-state index contributed by atoms with van der Waals surface area (Å²) >= 11 is 0. The zero-order valence-electron chi connectivity index (χ0n) is 19.7. The molecular weight excluding hydrogens is 537 g/mol. The number of hydrogen-bond acceptors (Lipinski definition) is 4. The molecule has 1 aromatic heterocycles. The van der Waals surface area contributed by atoms with Gasteiger partial charge in [0.2, 0.25) is 0 Å². The fourth-order valence-corrected chi connectivity index (χ4v) is 4.18. The zero-order valence-corrected chi connectivity index (χ0v) is 22.0. The van der Waals surface area contributed by atoms with Crippen LogP contribution in [0.3, 0.4) is 0 Å². The number of rotatable bonds is 8. The average Bonchev–Trinajstić information content (AvgIpc) is 2.90. The van der Waals surface area contributed by atoms with E-state index in [2.05, 4.69) is 92.2 Å². The monoisotopic (exact) mass is 571 g/mol. The summed E-state index contributed by atoms with van der Waals surface area (Å²) in [7, 11) is 1.82. The van der Waals surface area contributed by atoms with Gasteiger partial charge in [-0.25, -0.2) is 4.98 Å². The number of ether oxygens (including phenoxy) is 1. The van der Waals surface area contributed by atoms with Gasteiger partial charge in [-0.15, -0.1) is 24.0 Å². The van der Waals surface area contributed by atoms with Crippen molar-refractivity contribution in [2.24, 2.45) is 4.99 Å². The first-order valence-electron chi connectivity index (χ1n) is 11.6. The molecule has 1 aliphatic rings. The van der Waals surface area contributed by atoms with Crippen molar-refractivity contribution in [2.45, 2.75) is 18.9 Å². The molecule has 0 spiro atoms. The SMILES string of the molecule is CN=C(NCc1cccnc1N1CCOCC1)NCC(Cc1ccccc1)c1ccccc1.I. The molecule has 2 heterocycles. The number of morpholine rings is 1. The number of hydrogen-bond donors (Lipinski definition) is 2. The van der Waals surface area contributed by atoms with Crippen molar-refractivity contribution >= 4 is 35.8 Å². The van der Waals surface area contributed by atoms with Gasteiger partial charge in [-0.2, -0.15) is 0 Å².